The monoisotopic (exact) mass is 1250 g/mol. The molecule has 3 heterocycles. The first-order valence-corrected chi connectivity index (χ1v) is 28.6. The van der Waals surface area contributed by atoms with Gasteiger partial charge >= 0.3 is 7.12 Å². The molecule has 12 heteroatoms. The second-order valence-electron chi connectivity index (χ2n) is 20.1. The van der Waals surface area contributed by atoms with E-state index in [0.717, 1.165) is 57.8 Å². The van der Waals surface area contributed by atoms with Gasteiger partial charge in [0.1, 0.15) is 0 Å². The third-order valence-corrected chi connectivity index (χ3v) is 16.3. The molecule has 2 aromatic heterocycles. The normalized spacial score (nSPS) is 13.1. The average Bonchev–Trinajstić information content (AvgIpc) is 3.75. The molecule has 1 saturated heterocycles. The Balaban J connectivity index is 0.000000150. The first-order valence-electron chi connectivity index (χ1n) is 26.2. The fraction of sp³-hybridized carbons (Fsp3) is 0.101. The average molecular weight is 1250 g/mol. The fourth-order valence-electron chi connectivity index (χ4n) is 9.24. The standard InChI is InChI=1S/C31H20BrN3.C27H26BN3O2.C10H6Br2.CH4/c32-28-19-18-25(26-16-7-8-17-27(26)28)23-14-9-15-24(20-23)31-34-29(21-10-3-1-4-11-21)33-30(35-31)22-12-5-2-6-13-22;1-26(2)27(3,4)33-28(32-26)22-17-11-16-21(18-22)25-30-23(19-12-7-5-8-13-19)29-24(31-25)20-14-9-6-10-15-20;11-9-5-6-10(12)8-4-2-1-3-7(8)9;/h1-20H;5-18H,1-4H3;1-6H;1H4. The summed E-state index contributed by atoms with van der Waals surface area (Å²) in [5.74, 6) is 3.87. The van der Waals surface area contributed by atoms with E-state index in [1.807, 2.05) is 170 Å². The molecule has 0 spiro atoms. The molecule has 1 aliphatic heterocycles. The maximum absolute atomic E-state index is 6.25. The Bertz CT molecular complexity index is 3970. The molecule has 0 bridgehead atoms. The quantitative estimate of drug-likeness (QED) is 0.139. The van der Waals surface area contributed by atoms with Gasteiger partial charge in [-0.2, -0.15) is 0 Å². The summed E-state index contributed by atoms with van der Waals surface area (Å²) in [4.78, 5) is 29.0. The van der Waals surface area contributed by atoms with Crippen LogP contribution >= 0.6 is 47.8 Å². The summed E-state index contributed by atoms with van der Waals surface area (Å²) < 4.78 is 15.9. The molecule has 0 saturated carbocycles. The molecule has 13 rings (SSSR count). The van der Waals surface area contributed by atoms with Crippen molar-refractivity contribution in [1.82, 2.24) is 29.9 Å². The van der Waals surface area contributed by atoms with E-state index in [1.54, 1.807) is 0 Å². The van der Waals surface area contributed by atoms with Gasteiger partial charge in [-0.1, -0.05) is 274 Å². The molecule has 1 aliphatic rings. The maximum atomic E-state index is 6.25. The maximum Gasteiger partial charge on any atom is 0.494 e. The number of benzene rings is 10. The highest BCUT2D eigenvalue weighted by Gasteiger charge is 2.51. The summed E-state index contributed by atoms with van der Waals surface area (Å²) in [5.41, 5.74) is 8.08. The van der Waals surface area contributed by atoms with Crippen LogP contribution in [-0.2, 0) is 9.31 Å². The van der Waals surface area contributed by atoms with Gasteiger partial charge in [-0.3, -0.25) is 0 Å². The van der Waals surface area contributed by atoms with Crippen LogP contribution in [0.5, 0.6) is 0 Å². The number of aromatic nitrogens is 6. The van der Waals surface area contributed by atoms with Crippen molar-refractivity contribution >= 4 is 81.9 Å². The van der Waals surface area contributed by atoms with E-state index in [4.69, 9.17) is 39.2 Å². The van der Waals surface area contributed by atoms with Gasteiger partial charge in [0.25, 0.3) is 0 Å². The SMILES string of the molecule is Brc1ccc(-c2cccc(-c3nc(-c4ccccc4)nc(-c4ccccc4)n3)c2)c2ccccc12.Brc1ccc(Br)c2ccccc12.C.CC1(C)OB(c2cccc(-c3nc(-c4ccccc4)nc(-c4ccccc4)n3)c2)OC1(C)C. The zero-order valence-electron chi connectivity index (χ0n) is 44.3. The third kappa shape index (κ3) is 12.7. The van der Waals surface area contributed by atoms with Crippen LogP contribution in [0.4, 0.5) is 0 Å². The highest BCUT2D eigenvalue weighted by atomic mass is 79.9. The second kappa shape index (κ2) is 24.9. The molecule has 0 unspecified atom stereocenters. The van der Waals surface area contributed by atoms with E-state index in [9.17, 15) is 0 Å². The molecular formula is C69H56BBr3N6O2. The van der Waals surface area contributed by atoms with Gasteiger partial charge in [0.05, 0.1) is 11.2 Å². The van der Waals surface area contributed by atoms with Crippen molar-refractivity contribution in [3.05, 3.63) is 256 Å². The van der Waals surface area contributed by atoms with Crippen molar-refractivity contribution in [2.24, 2.45) is 0 Å². The van der Waals surface area contributed by atoms with Crippen LogP contribution in [0.25, 0.3) is 101 Å². The van der Waals surface area contributed by atoms with Crippen LogP contribution < -0.4 is 5.46 Å². The first-order chi connectivity index (χ1) is 38.9. The van der Waals surface area contributed by atoms with Gasteiger partial charge in [0.15, 0.2) is 34.9 Å². The molecule has 81 heavy (non-hydrogen) atoms. The summed E-state index contributed by atoms with van der Waals surface area (Å²) in [6, 6.07) is 81.6. The number of fused-ring (bicyclic) bond motifs is 2. The van der Waals surface area contributed by atoms with Crippen LogP contribution in [0.1, 0.15) is 35.1 Å². The summed E-state index contributed by atoms with van der Waals surface area (Å²) in [5, 5.41) is 4.87. The first kappa shape index (κ1) is 56.4. The largest absolute Gasteiger partial charge is 0.494 e. The highest BCUT2D eigenvalue weighted by molar-refractivity contribution is 9.11. The lowest BCUT2D eigenvalue weighted by molar-refractivity contribution is 0.00578. The number of rotatable bonds is 8. The van der Waals surface area contributed by atoms with Crippen LogP contribution in [0, 0.1) is 0 Å². The van der Waals surface area contributed by atoms with Gasteiger partial charge in [-0.25, -0.2) is 29.9 Å². The Labute approximate surface area is 499 Å². The van der Waals surface area contributed by atoms with Gasteiger partial charge < -0.3 is 9.31 Å². The van der Waals surface area contributed by atoms with Crippen molar-refractivity contribution in [2.75, 3.05) is 0 Å². The lowest BCUT2D eigenvalue weighted by Crippen LogP contribution is -2.41. The predicted octanol–water partition coefficient (Wildman–Crippen LogP) is 18.6. The fourth-order valence-corrected chi connectivity index (χ4v) is 10.7. The minimum atomic E-state index is -0.445. The van der Waals surface area contributed by atoms with Crippen LogP contribution in [-0.4, -0.2) is 48.2 Å². The molecule has 12 aromatic rings. The van der Waals surface area contributed by atoms with E-state index in [0.29, 0.717) is 34.9 Å². The van der Waals surface area contributed by atoms with E-state index in [-0.39, 0.29) is 7.43 Å². The molecule has 0 aliphatic carbocycles. The summed E-state index contributed by atoms with van der Waals surface area (Å²) >= 11 is 10.7. The van der Waals surface area contributed by atoms with Crippen molar-refractivity contribution in [1.29, 1.82) is 0 Å². The second-order valence-corrected chi connectivity index (χ2v) is 22.6. The minimum Gasteiger partial charge on any atom is -0.399 e. The number of hydrogen-bond acceptors (Lipinski definition) is 8. The molecule has 10 aromatic carbocycles. The van der Waals surface area contributed by atoms with Crippen LogP contribution in [0.15, 0.2) is 256 Å². The van der Waals surface area contributed by atoms with E-state index < -0.39 is 18.3 Å². The predicted molar refractivity (Wildman–Crippen MR) is 345 cm³/mol. The molecule has 1 fully saturated rings. The third-order valence-electron chi connectivity index (χ3n) is 14.2. The molecule has 0 radical (unpaired) electrons. The minimum absolute atomic E-state index is 0. The summed E-state index contributed by atoms with van der Waals surface area (Å²) in [6.07, 6.45) is 0. The Hall–Kier alpha value is -7.84. The number of halogens is 3. The van der Waals surface area contributed by atoms with Crippen molar-refractivity contribution in [3.8, 4) is 79.5 Å². The smallest absolute Gasteiger partial charge is 0.399 e. The summed E-state index contributed by atoms with van der Waals surface area (Å²) in [6.45, 7) is 8.23. The Morgan fingerprint density at radius 1 is 0.296 bits per heavy atom. The topological polar surface area (TPSA) is 95.8 Å². The van der Waals surface area contributed by atoms with Crippen molar-refractivity contribution in [3.63, 3.8) is 0 Å². The summed E-state index contributed by atoms with van der Waals surface area (Å²) in [7, 11) is -0.445. The van der Waals surface area contributed by atoms with Gasteiger partial charge in [-0.05, 0) is 90.1 Å². The highest BCUT2D eigenvalue weighted by Crippen LogP contribution is 2.38. The molecule has 0 amide bonds. The van der Waals surface area contributed by atoms with E-state index >= 15 is 0 Å². The number of nitrogens with zero attached hydrogens (tertiary/aromatic N) is 6. The van der Waals surface area contributed by atoms with E-state index in [2.05, 4.69) is 148 Å². The molecule has 398 valence electrons. The molecule has 8 nitrogen and oxygen atoms in total. The lowest BCUT2D eigenvalue weighted by Gasteiger charge is -2.32. The Morgan fingerprint density at radius 3 is 0.975 bits per heavy atom. The molecule has 0 N–H and O–H groups in total. The van der Waals surface area contributed by atoms with E-state index in [1.165, 1.54) is 27.1 Å². The Morgan fingerprint density at radius 2 is 0.580 bits per heavy atom. The molecular weight excluding hydrogens is 1200 g/mol. The number of hydrogen-bond donors (Lipinski definition) is 0. The van der Waals surface area contributed by atoms with Crippen LogP contribution in [0.3, 0.4) is 0 Å². The van der Waals surface area contributed by atoms with Crippen molar-refractivity contribution in [2.45, 2.75) is 46.3 Å². The molecule has 0 atom stereocenters. The van der Waals surface area contributed by atoms with Gasteiger partial charge in [0.2, 0.25) is 0 Å². The zero-order valence-corrected chi connectivity index (χ0v) is 49.1. The van der Waals surface area contributed by atoms with Gasteiger partial charge in [0, 0.05) is 46.8 Å². The van der Waals surface area contributed by atoms with Gasteiger partial charge in [-0.15, -0.1) is 0 Å². The van der Waals surface area contributed by atoms with Crippen molar-refractivity contribution < 1.29 is 9.31 Å². The zero-order chi connectivity index (χ0) is 55.2. The van der Waals surface area contributed by atoms with Crippen LogP contribution in [0.2, 0.25) is 0 Å². The lowest BCUT2D eigenvalue weighted by atomic mass is 9.78. The Kier molecular flexibility index (Phi) is 17.3.